The van der Waals surface area contributed by atoms with Crippen LogP contribution in [-0.4, -0.2) is 18.4 Å². The van der Waals surface area contributed by atoms with Gasteiger partial charge in [-0.3, -0.25) is 4.79 Å². The first-order valence-electron chi connectivity index (χ1n) is 8.06. The van der Waals surface area contributed by atoms with E-state index >= 15 is 0 Å². The van der Waals surface area contributed by atoms with Gasteiger partial charge in [-0.15, -0.1) is 24.0 Å². The Hall–Kier alpha value is -2.09. The number of halogens is 1. The Kier molecular flexibility index (Phi) is 6.41. The number of carbonyl (C=O) groups excluding carboxylic acids is 1. The minimum absolute atomic E-state index is 0. The molecule has 5 nitrogen and oxygen atoms in total. The van der Waals surface area contributed by atoms with Crippen molar-refractivity contribution >= 4 is 41.5 Å². The molecule has 0 radical (unpaired) electrons. The van der Waals surface area contributed by atoms with Crippen LogP contribution in [0.1, 0.15) is 32.6 Å². The van der Waals surface area contributed by atoms with Gasteiger partial charge in [0, 0.05) is 17.8 Å². The minimum atomic E-state index is -0.0107. The molecule has 25 heavy (non-hydrogen) atoms. The number of nitrogens with zero attached hydrogens (tertiary/aromatic N) is 1. The van der Waals surface area contributed by atoms with Crippen LogP contribution in [0.5, 0.6) is 0 Å². The van der Waals surface area contributed by atoms with Crippen molar-refractivity contribution < 1.29 is 4.79 Å². The molecule has 2 aromatic carbocycles. The van der Waals surface area contributed by atoms with Gasteiger partial charge in [0.25, 0.3) is 5.91 Å². The van der Waals surface area contributed by atoms with E-state index in [0.717, 1.165) is 28.8 Å². The molecule has 0 saturated carbocycles. The molecule has 0 aromatic heterocycles. The van der Waals surface area contributed by atoms with Crippen LogP contribution in [0.25, 0.3) is 0 Å². The molecular weight excluding hydrogens is 427 g/mol. The summed E-state index contributed by atoms with van der Waals surface area (Å²) < 4.78 is 0. The summed E-state index contributed by atoms with van der Waals surface area (Å²) in [7, 11) is 0. The molecular formula is C19H23IN4O. The summed E-state index contributed by atoms with van der Waals surface area (Å²) in [5.74, 6) is 0.352. The maximum atomic E-state index is 11.9. The van der Waals surface area contributed by atoms with Crippen molar-refractivity contribution in [1.82, 2.24) is 5.32 Å². The second-order valence-electron chi connectivity index (χ2n) is 6.20. The van der Waals surface area contributed by atoms with Gasteiger partial charge < -0.3 is 16.4 Å². The summed E-state index contributed by atoms with van der Waals surface area (Å²) >= 11 is 0. The van der Waals surface area contributed by atoms with E-state index in [1.54, 1.807) is 0 Å². The highest BCUT2D eigenvalue weighted by molar-refractivity contribution is 14.0. The van der Waals surface area contributed by atoms with Crippen molar-refractivity contribution in [2.45, 2.75) is 26.8 Å². The molecule has 6 heteroatoms. The predicted octanol–water partition coefficient (Wildman–Crippen LogP) is 3.13. The molecule has 1 amide bonds. The van der Waals surface area contributed by atoms with Crippen molar-refractivity contribution in [3.63, 3.8) is 0 Å². The molecule has 0 aliphatic carbocycles. The molecule has 2 aromatic rings. The van der Waals surface area contributed by atoms with E-state index in [2.05, 4.69) is 21.7 Å². The van der Waals surface area contributed by atoms with Gasteiger partial charge in [0.1, 0.15) is 0 Å². The van der Waals surface area contributed by atoms with Crippen LogP contribution in [0.2, 0.25) is 0 Å². The first-order valence-corrected chi connectivity index (χ1v) is 8.06. The van der Waals surface area contributed by atoms with Crippen LogP contribution in [0, 0.1) is 13.8 Å². The Bertz CT molecular complexity index is 797. The van der Waals surface area contributed by atoms with Gasteiger partial charge in [-0.1, -0.05) is 18.2 Å². The summed E-state index contributed by atoms with van der Waals surface area (Å²) in [6.45, 7) is 5.23. The average molecular weight is 450 g/mol. The first-order chi connectivity index (χ1) is 11.5. The molecule has 1 aliphatic heterocycles. The third-order valence-corrected chi connectivity index (χ3v) is 4.02. The van der Waals surface area contributed by atoms with Gasteiger partial charge in [-0.2, -0.15) is 0 Å². The van der Waals surface area contributed by atoms with Gasteiger partial charge in [0.15, 0.2) is 5.96 Å². The van der Waals surface area contributed by atoms with Crippen molar-refractivity contribution in [1.29, 1.82) is 0 Å². The summed E-state index contributed by atoms with van der Waals surface area (Å²) in [6.07, 6.45) is 0.876. The molecule has 0 unspecified atom stereocenters. The van der Waals surface area contributed by atoms with Crippen LogP contribution in [0.4, 0.5) is 5.69 Å². The number of hydrogen-bond donors (Lipinski definition) is 3. The summed E-state index contributed by atoms with van der Waals surface area (Å²) in [5, 5.41) is 5.98. The molecule has 0 fully saturated rings. The second-order valence-corrected chi connectivity index (χ2v) is 6.20. The molecule has 3 rings (SSSR count). The number of guanidine groups is 1. The number of benzene rings is 2. The van der Waals surface area contributed by atoms with E-state index in [-0.39, 0.29) is 29.9 Å². The Morgan fingerprint density at radius 1 is 1.20 bits per heavy atom. The number of hydrogen-bond acceptors (Lipinski definition) is 2. The summed E-state index contributed by atoms with van der Waals surface area (Å²) in [4.78, 5) is 16.3. The maximum absolute atomic E-state index is 11.9. The minimum Gasteiger partial charge on any atom is -0.370 e. The highest BCUT2D eigenvalue weighted by atomic mass is 127. The van der Waals surface area contributed by atoms with Crippen molar-refractivity contribution in [3.05, 3.63) is 64.2 Å². The lowest BCUT2D eigenvalue weighted by Gasteiger charge is -2.16. The second kappa shape index (κ2) is 8.33. The standard InChI is InChI=1S/C19H22N4O.HI/c1-12-7-13(2)9-16(8-12)23-19(20)22-11-14-3-4-15-5-6-21-18(24)17(15)10-14;/h3-4,7-10H,5-6,11H2,1-2H3,(H,21,24)(H3,20,22,23);1H. The number of amides is 1. The molecule has 0 spiro atoms. The van der Waals surface area contributed by atoms with Gasteiger partial charge in [0.05, 0.1) is 6.54 Å². The number of fused-ring (bicyclic) bond motifs is 1. The number of rotatable bonds is 3. The fourth-order valence-electron chi connectivity index (χ4n) is 2.97. The van der Waals surface area contributed by atoms with E-state index in [1.807, 2.05) is 44.2 Å². The number of aliphatic imine (C=N–C) groups is 1. The Balaban J connectivity index is 0.00000225. The van der Waals surface area contributed by atoms with Gasteiger partial charge in [0.2, 0.25) is 0 Å². The Morgan fingerprint density at radius 3 is 2.64 bits per heavy atom. The lowest BCUT2D eigenvalue weighted by molar-refractivity contribution is 0.0946. The zero-order valence-electron chi connectivity index (χ0n) is 14.4. The van der Waals surface area contributed by atoms with Crippen LogP contribution in [0.15, 0.2) is 41.4 Å². The molecule has 132 valence electrons. The van der Waals surface area contributed by atoms with Gasteiger partial charge >= 0.3 is 0 Å². The quantitative estimate of drug-likeness (QED) is 0.382. The molecule has 0 saturated heterocycles. The fraction of sp³-hybridized carbons (Fsp3) is 0.263. The van der Waals surface area contributed by atoms with Gasteiger partial charge in [-0.05, 0) is 60.7 Å². The van der Waals surface area contributed by atoms with Crippen LogP contribution in [0.3, 0.4) is 0 Å². The van der Waals surface area contributed by atoms with E-state index in [1.165, 1.54) is 11.1 Å². The lowest BCUT2D eigenvalue weighted by Crippen LogP contribution is -2.31. The molecule has 0 bridgehead atoms. The average Bonchev–Trinajstić information content (AvgIpc) is 2.52. The van der Waals surface area contributed by atoms with Crippen LogP contribution in [-0.2, 0) is 13.0 Å². The van der Waals surface area contributed by atoms with Crippen molar-refractivity contribution in [2.24, 2.45) is 10.7 Å². The monoisotopic (exact) mass is 450 g/mol. The van der Waals surface area contributed by atoms with E-state index < -0.39 is 0 Å². The normalized spacial score (nSPS) is 13.5. The lowest BCUT2D eigenvalue weighted by atomic mass is 9.98. The number of anilines is 1. The van der Waals surface area contributed by atoms with E-state index in [0.29, 0.717) is 19.0 Å². The molecule has 1 aliphatic rings. The first kappa shape index (κ1) is 19.2. The smallest absolute Gasteiger partial charge is 0.251 e. The zero-order valence-corrected chi connectivity index (χ0v) is 16.8. The number of nitrogens with one attached hydrogen (secondary N) is 2. The number of nitrogens with two attached hydrogens (primary N) is 1. The van der Waals surface area contributed by atoms with Crippen LogP contribution < -0.4 is 16.4 Å². The van der Waals surface area contributed by atoms with Crippen molar-refractivity contribution in [2.75, 3.05) is 11.9 Å². The summed E-state index contributed by atoms with van der Waals surface area (Å²) in [5.41, 5.74) is 12.1. The van der Waals surface area contributed by atoms with Gasteiger partial charge in [-0.25, -0.2) is 4.99 Å². The highest BCUT2D eigenvalue weighted by Gasteiger charge is 2.16. The third-order valence-electron chi connectivity index (χ3n) is 4.02. The third kappa shape index (κ3) is 4.94. The topological polar surface area (TPSA) is 79.5 Å². The van der Waals surface area contributed by atoms with Crippen molar-refractivity contribution in [3.8, 4) is 0 Å². The molecule has 1 heterocycles. The van der Waals surface area contributed by atoms with Crippen LogP contribution >= 0.6 is 24.0 Å². The number of aryl methyl sites for hydroxylation is 2. The largest absolute Gasteiger partial charge is 0.370 e. The molecule has 0 atom stereocenters. The SMILES string of the molecule is Cc1cc(C)cc(NC(N)=NCc2ccc3c(c2)C(=O)NCC3)c1.I. The fourth-order valence-corrected chi connectivity index (χ4v) is 2.97. The van der Waals surface area contributed by atoms with E-state index in [9.17, 15) is 4.79 Å². The Morgan fingerprint density at radius 2 is 1.92 bits per heavy atom. The Labute approximate surface area is 165 Å². The number of carbonyl (C=O) groups is 1. The predicted molar refractivity (Wildman–Crippen MR) is 113 cm³/mol. The summed E-state index contributed by atoms with van der Waals surface area (Å²) in [6, 6.07) is 12.1. The molecule has 4 N–H and O–H groups in total. The van der Waals surface area contributed by atoms with E-state index in [4.69, 9.17) is 5.73 Å². The maximum Gasteiger partial charge on any atom is 0.251 e. The zero-order chi connectivity index (χ0) is 17.1. The highest BCUT2D eigenvalue weighted by Crippen LogP contribution is 2.17.